The van der Waals surface area contributed by atoms with Crippen molar-refractivity contribution in [3.8, 4) is 0 Å². The van der Waals surface area contributed by atoms with Crippen molar-refractivity contribution in [3.63, 3.8) is 0 Å². The molecule has 0 unspecified atom stereocenters. The van der Waals surface area contributed by atoms with Crippen LogP contribution in [0.25, 0.3) is 0 Å². The molecule has 1 N–H and O–H groups in total. The van der Waals surface area contributed by atoms with E-state index in [2.05, 4.69) is 10.3 Å². The number of hydrogen-bond donors (Lipinski definition) is 1. The fourth-order valence-electron chi connectivity index (χ4n) is 2.23. The standard InChI is InChI=1S/C17H27FN4O.HI/c1-5-19-17(20-12-14-9-8-10-15(18)11-14)21(4)13-16(23)22(6-2)7-3;/h8-11H,5-7,12-13H2,1-4H3,(H,19,20);1H. The van der Waals surface area contributed by atoms with Crippen molar-refractivity contribution in [3.05, 3.63) is 35.6 Å². The molecule has 0 saturated carbocycles. The minimum atomic E-state index is -0.271. The van der Waals surface area contributed by atoms with E-state index in [0.29, 0.717) is 32.1 Å². The topological polar surface area (TPSA) is 47.9 Å². The van der Waals surface area contributed by atoms with Gasteiger partial charge in [-0.05, 0) is 38.5 Å². The lowest BCUT2D eigenvalue weighted by molar-refractivity contribution is -0.131. The third-order valence-corrected chi connectivity index (χ3v) is 3.49. The summed E-state index contributed by atoms with van der Waals surface area (Å²) in [6.45, 7) is 8.61. The number of carbonyl (C=O) groups excluding carboxylic acids is 1. The number of aliphatic imine (C=N–C) groups is 1. The van der Waals surface area contributed by atoms with Crippen LogP contribution in [0.2, 0.25) is 0 Å². The summed E-state index contributed by atoms with van der Waals surface area (Å²) in [6.07, 6.45) is 0. The van der Waals surface area contributed by atoms with Crippen molar-refractivity contribution < 1.29 is 9.18 Å². The van der Waals surface area contributed by atoms with E-state index >= 15 is 0 Å². The van der Waals surface area contributed by atoms with E-state index < -0.39 is 0 Å². The minimum Gasteiger partial charge on any atom is -0.357 e. The molecule has 136 valence electrons. The average molecular weight is 450 g/mol. The van der Waals surface area contributed by atoms with Crippen molar-refractivity contribution in [2.75, 3.05) is 33.2 Å². The SMILES string of the molecule is CCNC(=NCc1cccc(F)c1)N(C)CC(=O)N(CC)CC.I. The zero-order valence-electron chi connectivity index (χ0n) is 14.9. The first-order valence-electron chi connectivity index (χ1n) is 8.03. The van der Waals surface area contributed by atoms with Crippen LogP contribution in [0, 0.1) is 5.82 Å². The van der Waals surface area contributed by atoms with Crippen molar-refractivity contribution >= 4 is 35.8 Å². The molecule has 7 heteroatoms. The van der Waals surface area contributed by atoms with Gasteiger partial charge >= 0.3 is 0 Å². The lowest BCUT2D eigenvalue weighted by Crippen LogP contribution is -2.45. The first-order valence-corrected chi connectivity index (χ1v) is 8.03. The van der Waals surface area contributed by atoms with Crippen molar-refractivity contribution in [2.45, 2.75) is 27.3 Å². The molecular formula is C17H28FIN4O. The van der Waals surface area contributed by atoms with E-state index in [9.17, 15) is 9.18 Å². The fraction of sp³-hybridized carbons (Fsp3) is 0.529. The Kier molecular flexibility index (Phi) is 11.4. The van der Waals surface area contributed by atoms with Crippen LogP contribution in [-0.2, 0) is 11.3 Å². The maximum atomic E-state index is 13.2. The molecule has 0 atom stereocenters. The fourth-order valence-corrected chi connectivity index (χ4v) is 2.23. The Hall–Kier alpha value is -1.38. The first kappa shape index (κ1) is 22.6. The van der Waals surface area contributed by atoms with Gasteiger partial charge in [0, 0.05) is 26.7 Å². The number of guanidine groups is 1. The highest BCUT2D eigenvalue weighted by Gasteiger charge is 2.14. The summed E-state index contributed by atoms with van der Waals surface area (Å²) in [4.78, 5) is 20.3. The van der Waals surface area contributed by atoms with Crippen LogP contribution in [0.4, 0.5) is 4.39 Å². The lowest BCUT2D eigenvalue weighted by atomic mass is 10.2. The van der Waals surface area contributed by atoms with Gasteiger partial charge in [-0.15, -0.1) is 24.0 Å². The maximum absolute atomic E-state index is 13.2. The Labute approximate surface area is 161 Å². The second kappa shape index (κ2) is 12.0. The predicted molar refractivity (Wildman–Crippen MR) is 107 cm³/mol. The molecule has 0 aromatic heterocycles. The molecule has 0 aliphatic carbocycles. The van der Waals surface area contributed by atoms with E-state index in [1.54, 1.807) is 15.9 Å². The molecule has 0 spiro atoms. The van der Waals surface area contributed by atoms with Gasteiger partial charge in [0.05, 0.1) is 13.1 Å². The van der Waals surface area contributed by atoms with Crippen LogP contribution in [0.1, 0.15) is 26.3 Å². The van der Waals surface area contributed by atoms with Crippen LogP contribution >= 0.6 is 24.0 Å². The number of benzene rings is 1. The number of nitrogens with zero attached hydrogens (tertiary/aromatic N) is 3. The zero-order chi connectivity index (χ0) is 17.2. The maximum Gasteiger partial charge on any atom is 0.242 e. The van der Waals surface area contributed by atoms with E-state index in [4.69, 9.17) is 0 Å². The number of likely N-dealkylation sites (N-methyl/N-ethyl adjacent to an activating group) is 2. The second-order valence-corrected chi connectivity index (χ2v) is 5.22. The molecular weight excluding hydrogens is 422 g/mol. The summed E-state index contributed by atoms with van der Waals surface area (Å²) in [5, 5.41) is 3.16. The highest BCUT2D eigenvalue weighted by molar-refractivity contribution is 14.0. The van der Waals surface area contributed by atoms with E-state index in [0.717, 1.165) is 5.56 Å². The quantitative estimate of drug-likeness (QED) is 0.395. The average Bonchev–Trinajstić information content (AvgIpc) is 2.52. The highest BCUT2D eigenvalue weighted by Crippen LogP contribution is 2.05. The third kappa shape index (κ3) is 7.46. The van der Waals surface area contributed by atoms with Crippen LogP contribution in [-0.4, -0.2) is 54.9 Å². The number of hydrogen-bond acceptors (Lipinski definition) is 2. The largest absolute Gasteiger partial charge is 0.357 e. The number of rotatable bonds is 7. The van der Waals surface area contributed by atoms with Gasteiger partial charge in [-0.1, -0.05) is 12.1 Å². The zero-order valence-corrected chi connectivity index (χ0v) is 17.2. The Morgan fingerprint density at radius 2 is 1.92 bits per heavy atom. The summed E-state index contributed by atoms with van der Waals surface area (Å²) in [6, 6.07) is 6.37. The summed E-state index contributed by atoms with van der Waals surface area (Å²) in [5.41, 5.74) is 0.795. The summed E-state index contributed by atoms with van der Waals surface area (Å²) < 4.78 is 13.2. The van der Waals surface area contributed by atoms with Gasteiger partial charge in [0.25, 0.3) is 0 Å². The molecule has 1 amide bonds. The smallest absolute Gasteiger partial charge is 0.242 e. The van der Waals surface area contributed by atoms with Gasteiger partial charge in [0.15, 0.2) is 5.96 Å². The monoisotopic (exact) mass is 450 g/mol. The first-order chi connectivity index (χ1) is 11.0. The van der Waals surface area contributed by atoms with Crippen LogP contribution < -0.4 is 5.32 Å². The highest BCUT2D eigenvalue weighted by atomic mass is 127. The number of amides is 1. The van der Waals surface area contributed by atoms with Gasteiger partial charge < -0.3 is 15.1 Å². The molecule has 1 rings (SSSR count). The van der Waals surface area contributed by atoms with Crippen LogP contribution in [0.3, 0.4) is 0 Å². The normalized spacial score (nSPS) is 10.8. The molecule has 1 aromatic rings. The Balaban J connectivity index is 0.00000529. The molecule has 5 nitrogen and oxygen atoms in total. The van der Waals surface area contributed by atoms with Crippen molar-refractivity contribution in [1.29, 1.82) is 0 Å². The summed E-state index contributed by atoms with van der Waals surface area (Å²) >= 11 is 0. The Bertz CT molecular complexity index is 535. The van der Waals surface area contributed by atoms with Gasteiger partial charge in [-0.3, -0.25) is 4.79 Å². The number of halogens is 2. The van der Waals surface area contributed by atoms with Gasteiger partial charge in [-0.2, -0.15) is 0 Å². The van der Waals surface area contributed by atoms with Gasteiger partial charge in [0.1, 0.15) is 5.82 Å². The second-order valence-electron chi connectivity index (χ2n) is 5.22. The summed E-state index contributed by atoms with van der Waals surface area (Å²) in [5.74, 6) is 0.430. The van der Waals surface area contributed by atoms with Crippen LogP contribution in [0.5, 0.6) is 0 Å². The van der Waals surface area contributed by atoms with E-state index in [1.807, 2.05) is 33.9 Å². The molecule has 1 aromatic carbocycles. The Morgan fingerprint density at radius 3 is 2.46 bits per heavy atom. The van der Waals surface area contributed by atoms with E-state index in [1.165, 1.54) is 12.1 Å². The van der Waals surface area contributed by atoms with Crippen molar-refractivity contribution in [2.24, 2.45) is 4.99 Å². The molecule has 0 saturated heterocycles. The van der Waals surface area contributed by atoms with Crippen LogP contribution in [0.15, 0.2) is 29.3 Å². The molecule has 0 heterocycles. The summed E-state index contributed by atoms with van der Waals surface area (Å²) in [7, 11) is 1.83. The number of carbonyl (C=O) groups is 1. The minimum absolute atomic E-state index is 0. The molecule has 0 fully saturated rings. The van der Waals surface area contributed by atoms with Gasteiger partial charge in [-0.25, -0.2) is 9.38 Å². The molecule has 0 aliphatic heterocycles. The van der Waals surface area contributed by atoms with Gasteiger partial charge in [0.2, 0.25) is 5.91 Å². The Morgan fingerprint density at radius 1 is 1.25 bits per heavy atom. The third-order valence-electron chi connectivity index (χ3n) is 3.49. The predicted octanol–water partition coefficient (Wildman–Crippen LogP) is 2.71. The molecule has 0 aliphatic rings. The molecule has 24 heavy (non-hydrogen) atoms. The molecule has 0 bridgehead atoms. The number of nitrogens with one attached hydrogen (secondary N) is 1. The lowest BCUT2D eigenvalue weighted by Gasteiger charge is -2.25. The van der Waals surface area contributed by atoms with Crippen molar-refractivity contribution in [1.82, 2.24) is 15.1 Å². The molecule has 0 radical (unpaired) electrons. The van der Waals surface area contributed by atoms with E-state index in [-0.39, 0.29) is 42.2 Å².